The van der Waals surface area contributed by atoms with Crippen LogP contribution in [0.2, 0.25) is 0 Å². The summed E-state index contributed by atoms with van der Waals surface area (Å²) >= 11 is 0. The fourth-order valence-electron chi connectivity index (χ4n) is 1.84. The van der Waals surface area contributed by atoms with Crippen LogP contribution in [0.15, 0.2) is 54.6 Å². The van der Waals surface area contributed by atoms with Gasteiger partial charge in [-0.1, -0.05) is 30.3 Å². The molecule has 2 rings (SSSR count). The number of hydrogen-bond acceptors (Lipinski definition) is 3. The Balaban J connectivity index is 2.08. The number of carbonyl (C=O) groups is 1. The van der Waals surface area contributed by atoms with Gasteiger partial charge in [-0.25, -0.2) is 0 Å². The third-order valence-electron chi connectivity index (χ3n) is 2.80. The molecular weight excluding hydrogens is 238 g/mol. The molecule has 0 aliphatic carbocycles. The second-order valence-corrected chi connectivity index (χ2v) is 4.44. The van der Waals surface area contributed by atoms with Crippen molar-refractivity contribution in [1.82, 2.24) is 0 Å². The van der Waals surface area contributed by atoms with Gasteiger partial charge in [0.25, 0.3) is 0 Å². The van der Waals surface area contributed by atoms with Gasteiger partial charge in [-0.2, -0.15) is 0 Å². The van der Waals surface area contributed by atoms with E-state index in [2.05, 4.69) is 0 Å². The summed E-state index contributed by atoms with van der Waals surface area (Å²) in [5.74, 6) is 0.686. The fourth-order valence-corrected chi connectivity index (χ4v) is 1.84. The summed E-state index contributed by atoms with van der Waals surface area (Å²) in [5, 5.41) is 0. The molecule has 98 valence electrons. The number of hydrogen-bond donors (Lipinski definition) is 0. The third kappa shape index (κ3) is 3.35. The maximum Gasteiger partial charge on any atom is 0.202 e. The predicted molar refractivity (Wildman–Crippen MR) is 77.0 cm³/mol. The van der Waals surface area contributed by atoms with Crippen LogP contribution in [0.25, 0.3) is 0 Å². The molecule has 0 bridgehead atoms. The van der Waals surface area contributed by atoms with E-state index in [4.69, 9.17) is 4.74 Å². The summed E-state index contributed by atoms with van der Waals surface area (Å²) in [7, 11) is 3.84. The first-order valence-corrected chi connectivity index (χ1v) is 6.16. The number of para-hydroxylation sites is 2. The molecule has 0 aromatic heterocycles. The summed E-state index contributed by atoms with van der Waals surface area (Å²) in [6.07, 6.45) is 0. The van der Waals surface area contributed by atoms with E-state index in [-0.39, 0.29) is 12.4 Å². The van der Waals surface area contributed by atoms with Crippen LogP contribution in [0, 0.1) is 0 Å². The highest BCUT2D eigenvalue weighted by molar-refractivity contribution is 6.02. The fraction of sp³-hybridized carbons (Fsp3) is 0.188. The minimum atomic E-state index is -0.0202. The molecule has 0 N–H and O–H groups in total. The molecule has 0 aliphatic rings. The van der Waals surface area contributed by atoms with Crippen molar-refractivity contribution in [3.05, 3.63) is 60.2 Å². The Morgan fingerprint density at radius 2 is 1.63 bits per heavy atom. The number of Topliss-reactive ketones (excluding diaryl/α,β-unsaturated/α-hetero) is 1. The summed E-state index contributed by atoms with van der Waals surface area (Å²) in [4.78, 5) is 14.1. The molecule has 0 aliphatic heterocycles. The van der Waals surface area contributed by atoms with Crippen molar-refractivity contribution >= 4 is 11.5 Å². The molecule has 0 unspecified atom stereocenters. The van der Waals surface area contributed by atoms with Crippen LogP contribution in [0.3, 0.4) is 0 Å². The van der Waals surface area contributed by atoms with Gasteiger partial charge in [0.05, 0.1) is 0 Å². The van der Waals surface area contributed by atoms with Gasteiger partial charge in [-0.3, -0.25) is 4.79 Å². The van der Waals surface area contributed by atoms with Gasteiger partial charge in [0.2, 0.25) is 5.78 Å². The Labute approximate surface area is 113 Å². The lowest BCUT2D eigenvalue weighted by Gasteiger charge is -2.16. The molecule has 2 aromatic rings. The van der Waals surface area contributed by atoms with Gasteiger partial charge < -0.3 is 9.64 Å². The molecule has 0 saturated carbocycles. The second-order valence-electron chi connectivity index (χ2n) is 4.44. The standard InChI is InChI=1S/C16H17NO2/c1-17(2)15-11-7-6-10-14(15)16(18)12-19-13-8-4-3-5-9-13/h3-11H,12H2,1-2H3. The van der Waals surface area contributed by atoms with Crippen LogP contribution < -0.4 is 9.64 Å². The molecule has 0 saturated heterocycles. The van der Waals surface area contributed by atoms with Gasteiger partial charge in [0.1, 0.15) is 5.75 Å². The topological polar surface area (TPSA) is 29.5 Å². The molecule has 2 aromatic carbocycles. The monoisotopic (exact) mass is 255 g/mol. The lowest BCUT2D eigenvalue weighted by molar-refractivity contribution is 0.0922. The van der Waals surface area contributed by atoms with E-state index in [0.29, 0.717) is 11.3 Å². The van der Waals surface area contributed by atoms with Crippen LogP contribution in [-0.2, 0) is 0 Å². The van der Waals surface area contributed by atoms with Crippen molar-refractivity contribution in [3.8, 4) is 5.75 Å². The highest BCUT2D eigenvalue weighted by Crippen LogP contribution is 2.19. The van der Waals surface area contributed by atoms with Gasteiger partial charge in [-0.15, -0.1) is 0 Å². The number of carbonyl (C=O) groups excluding carboxylic acids is 1. The van der Waals surface area contributed by atoms with E-state index in [1.54, 1.807) is 0 Å². The van der Waals surface area contributed by atoms with Crippen LogP contribution in [0.5, 0.6) is 5.75 Å². The van der Waals surface area contributed by atoms with Crippen molar-refractivity contribution in [1.29, 1.82) is 0 Å². The molecule has 0 spiro atoms. The van der Waals surface area contributed by atoms with Gasteiger partial charge >= 0.3 is 0 Å². The van der Waals surface area contributed by atoms with Crippen LogP contribution in [0.4, 0.5) is 5.69 Å². The van der Waals surface area contributed by atoms with Crippen LogP contribution in [-0.4, -0.2) is 26.5 Å². The number of ketones is 1. The van der Waals surface area contributed by atoms with Gasteiger partial charge in [0, 0.05) is 25.3 Å². The molecule has 0 fully saturated rings. The van der Waals surface area contributed by atoms with E-state index in [9.17, 15) is 4.79 Å². The minimum Gasteiger partial charge on any atom is -0.485 e. The zero-order valence-corrected chi connectivity index (χ0v) is 11.2. The normalized spacial score (nSPS) is 10.0. The Bertz CT molecular complexity index is 550. The van der Waals surface area contributed by atoms with E-state index >= 15 is 0 Å². The zero-order valence-electron chi connectivity index (χ0n) is 11.2. The Morgan fingerprint density at radius 1 is 1.00 bits per heavy atom. The quantitative estimate of drug-likeness (QED) is 0.769. The summed E-state index contributed by atoms with van der Waals surface area (Å²) < 4.78 is 5.49. The highest BCUT2D eigenvalue weighted by atomic mass is 16.5. The van der Waals surface area contributed by atoms with E-state index in [0.717, 1.165) is 5.69 Å². The van der Waals surface area contributed by atoms with Crippen molar-refractivity contribution in [2.75, 3.05) is 25.6 Å². The number of nitrogens with zero attached hydrogens (tertiary/aromatic N) is 1. The number of ether oxygens (including phenoxy) is 1. The number of anilines is 1. The molecule has 0 radical (unpaired) electrons. The zero-order chi connectivity index (χ0) is 13.7. The molecular formula is C16H17NO2. The Morgan fingerprint density at radius 3 is 2.32 bits per heavy atom. The second kappa shape index (κ2) is 6.05. The van der Waals surface area contributed by atoms with Crippen LogP contribution in [0.1, 0.15) is 10.4 Å². The first kappa shape index (κ1) is 13.1. The maximum atomic E-state index is 12.2. The molecule has 0 heterocycles. The first-order chi connectivity index (χ1) is 9.18. The highest BCUT2D eigenvalue weighted by Gasteiger charge is 2.12. The Kier molecular flexibility index (Phi) is 4.18. The molecule has 0 atom stereocenters. The van der Waals surface area contributed by atoms with Crippen molar-refractivity contribution in [2.45, 2.75) is 0 Å². The van der Waals surface area contributed by atoms with Crippen molar-refractivity contribution in [2.24, 2.45) is 0 Å². The van der Waals surface area contributed by atoms with E-state index in [1.165, 1.54) is 0 Å². The summed E-state index contributed by atoms with van der Waals surface area (Å²) in [6, 6.07) is 16.9. The Hall–Kier alpha value is -2.29. The predicted octanol–water partition coefficient (Wildman–Crippen LogP) is 3.01. The van der Waals surface area contributed by atoms with Gasteiger partial charge in [0.15, 0.2) is 6.61 Å². The van der Waals surface area contributed by atoms with Crippen molar-refractivity contribution in [3.63, 3.8) is 0 Å². The van der Waals surface area contributed by atoms with E-state index in [1.807, 2.05) is 73.6 Å². The smallest absolute Gasteiger partial charge is 0.202 e. The third-order valence-corrected chi connectivity index (χ3v) is 2.80. The average molecular weight is 255 g/mol. The van der Waals surface area contributed by atoms with Crippen LogP contribution >= 0.6 is 0 Å². The molecule has 19 heavy (non-hydrogen) atoms. The lowest BCUT2D eigenvalue weighted by Crippen LogP contribution is -2.17. The minimum absolute atomic E-state index is 0.0202. The maximum absolute atomic E-state index is 12.2. The number of benzene rings is 2. The lowest BCUT2D eigenvalue weighted by atomic mass is 10.1. The van der Waals surface area contributed by atoms with Crippen molar-refractivity contribution < 1.29 is 9.53 Å². The summed E-state index contributed by atoms with van der Waals surface area (Å²) in [5.41, 5.74) is 1.59. The number of rotatable bonds is 5. The SMILES string of the molecule is CN(C)c1ccccc1C(=O)COc1ccccc1. The largest absolute Gasteiger partial charge is 0.485 e. The molecule has 3 heteroatoms. The average Bonchev–Trinajstić information content (AvgIpc) is 2.46. The van der Waals surface area contributed by atoms with E-state index < -0.39 is 0 Å². The summed E-state index contributed by atoms with van der Waals surface area (Å²) in [6.45, 7) is 0.0505. The molecule has 0 amide bonds. The molecule has 3 nitrogen and oxygen atoms in total. The first-order valence-electron chi connectivity index (χ1n) is 6.16. The van der Waals surface area contributed by atoms with Gasteiger partial charge in [-0.05, 0) is 24.3 Å².